The molecule has 0 atom stereocenters. The van der Waals surface area contributed by atoms with Gasteiger partial charge in [0.1, 0.15) is 5.75 Å². The molecule has 164 valence electrons. The van der Waals surface area contributed by atoms with Gasteiger partial charge in [-0.25, -0.2) is 0 Å². The Morgan fingerprint density at radius 3 is 2.12 bits per heavy atom. The average Bonchev–Trinajstić information content (AvgIpc) is 2.76. The quantitative estimate of drug-likeness (QED) is 0.227. The van der Waals surface area contributed by atoms with Crippen LogP contribution in [0.5, 0.6) is 23.0 Å². The molecule has 2 amide bonds. The van der Waals surface area contributed by atoms with Crippen molar-refractivity contribution in [1.29, 1.82) is 0 Å². The van der Waals surface area contributed by atoms with Crippen LogP contribution in [0.3, 0.4) is 0 Å². The molecule has 9 nitrogen and oxygen atoms in total. The summed E-state index contributed by atoms with van der Waals surface area (Å²) in [5.41, 5.74) is 1.52. The Morgan fingerprint density at radius 2 is 1.50 bits per heavy atom. The lowest BCUT2D eigenvalue weighted by molar-refractivity contribution is -0.131. The van der Waals surface area contributed by atoms with Gasteiger partial charge in [0.25, 0.3) is 11.8 Å². The van der Waals surface area contributed by atoms with Crippen molar-refractivity contribution < 1.29 is 34.4 Å². The van der Waals surface area contributed by atoms with E-state index in [2.05, 4.69) is 10.6 Å². The number of nitrogens with one attached hydrogen (secondary N) is 2. The van der Waals surface area contributed by atoms with E-state index in [-0.39, 0.29) is 23.8 Å². The second-order valence-electron chi connectivity index (χ2n) is 6.82. The van der Waals surface area contributed by atoms with Gasteiger partial charge >= 0.3 is 5.97 Å². The number of amides is 2. The van der Waals surface area contributed by atoms with Crippen molar-refractivity contribution in [2.45, 2.75) is 13.5 Å². The lowest BCUT2D eigenvalue weighted by Crippen LogP contribution is -2.22. The zero-order valence-electron chi connectivity index (χ0n) is 17.0. The highest BCUT2D eigenvalue weighted by molar-refractivity contribution is 6.05. The molecule has 9 heteroatoms. The van der Waals surface area contributed by atoms with E-state index in [1.165, 1.54) is 13.0 Å². The predicted molar refractivity (Wildman–Crippen MR) is 115 cm³/mol. The van der Waals surface area contributed by atoms with Gasteiger partial charge in [0.15, 0.2) is 17.2 Å². The molecule has 5 N–H and O–H groups in total. The normalized spacial score (nSPS) is 10.3. The number of anilines is 1. The lowest BCUT2D eigenvalue weighted by Gasteiger charge is -2.09. The number of carbonyl (C=O) groups excluding carboxylic acids is 3. The van der Waals surface area contributed by atoms with E-state index in [1.54, 1.807) is 42.5 Å². The molecular formula is C23H20N2O7. The van der Waals surface area contributed by atoms with Crippen molar-refractivity contribution in [1.82, 2.24) is 5.32 Å². The Morgan fingerprint density at radius 1 is 0.844 bits per heavy atom. The molecule has 3 aromatic rings. The lowest BCUT2D eigenvalue weighted by atomic mass is 10.1. The summed E-state index contributed by atoms with van der Waals surface area (Å²) in [4.78, 5) is 35.7. The SMILES string of the molecule is CC(=O)Oc1cccc(C(=O)NCc2ccc(NC(=O)c3cc(O)c(O)c(O)c3)cc2)c1. The molecule has 0 spiro atoms. The predicted octanol–water partition coefficient (Wildman–Crippen LogP) is 2.91. The second kappa shape index (κ2) is 9.52. The fraction of sp³-hybridized carbons (Fsp3) is 0.0870. The summed E-state index contributed by atoms with van der Waals surface area (Å²) in [6, 6.07) is 15.0. The van der Waals surface area contributed by atoms with Crippen molar-refractivity contribution in [3.05, 3.63) is 77.4 Å². The standard InChI is InChI=1S/C23H20N2O7/c1-13(26)32-18-4-2-3-15(9-18)22(30)24-12-14-5-7-17(8-6-14)25-23(31)16-10-19(27)21(29)20(28)11-16/h2-11,27-29H,12H2,1H3,(H,24,30)(H,25,31). The fourth-order valence-electron chi connectivity index (χ4n) is 2.80. The van der Waals surface area contributed by atoms with Crippen LogP contribution >= 0.6 is 0 Å². The molecule has 0 aliphatic heterocycles. The van der Waals surface area contributed by atoms with Crippen molar-refractivity contribution >= 4 is 23.5 Å². The summed E-state index contributed by atoms with van der Waals surface area (Å²) in [6.07, 6.45) is 0. The summed E-state index contributed by atoms with van der Waals surface area (Å²) < 4.78 is 4.97. The summed E-state index contributed by atoms with van der Waals surface area (Å²) in [7, 11) is 0. The second-order valence-corrected chi connectivity index (χ2v) is 6.82. The topological polar surface area (TPSA) is 145 Å². The highest BCUT2D eigenvalue weighted by atomic mass is 16.5. The molecule has 3 aromatic carbocycles. The number of hydrogen-bond donors (Lipinski definition) is 5. The van der Waals surface area contributed by atoms with Crippen molar-refractivity contribution in [2.75, 3.05) is 5.32 Å². The molecule has 0 aromatic heterocycles. The highest BCUT2D eigenvalue weighted by Gasteiger charge is 2.14. The number of phenolic OH excluding ortho intramolecular Hbond substituents is 3. The Labute approximate surface area is 182 Å². The molecule has 0 radical (unpaired) electrons. The first-order valence-electron chi connectivity index (χ1n) is 9.45. The van der Waals surface area contributed by atoms with Crippen LogP contribution in [0.25, 0.3) is 0 Å². The average molecular weight is 436 g/mol. The van der Waals surface area contributed by atoms with Gasteiger partial charge in [-0.05, 0) is 48.0 Å². The molecule has 0 unspecified atom stereocenters. The Balaban J connectivity index is 1.58. The Bertz CT molecular complexity index is 1150. The maximum atomic E-state index is 12.3. The molecule has 0 aliphatic rings. The van der Waals surface area contributed by atoms with Gasteiger partial charge in [0.2, 0.25) is 0 Å². The van der Waals surface area contributed by atoms with Crippen LogP contribution in [0.1, 0.15) is 33.2 Å². The van der Waals surface area contributed by atoms with Gasteiger partial charge in [-0.15, -0.1) is 0 Å². The minimum absolute atomic E-state index is 0.0369. The zero-order valence-corrected chi connectivity index (χ0v) is 17.0. The molecular weight excluding hydrogens is 416 g/mol. The van der Waals surface area contributed by atoms with Crippen LogP contribution in [0.15, 0.2) is 60.7 Å². The monoisotopic (exact) mass is 436 g/mol. The van der Waals surface area contributed by atoms with E-state index < -0.39 is 29.1 Å². The number of aromatic hydroxyl groups is 3. The van der Waals surface area contributed by atoms with Gasteiger partial charge < -0.3 is 30.7 Å². The van der Waals surface area contributed by atoms with Crippen LogP contribution in [0.4, 0.5) is 5.69 Å². The number of hydrogen-bond acceptors (Lipinski definition) is 7. The highest BCUT2D eigenvalue weighted by Crippen LogP contribution is 2.35. The van der Waals surface area contributed by atoms with Gasteiger partial charge in [-0.2, -0.15) is 0 Å². The molecule has 0 fully saturated rings. The number of carbonyl (C=O) groups is 3. The van der Waals surface area contributed by atoms with Crippen LogP contribution in [-0.2, 0) is 11.3 Å². The summed E-state index contributed by atoms with van der Waals surface area (Å²) in [5, 5.41) is 33.8. The molecule has 0 saturated carbocycles. The van der Waals surface area contributed by atoms with E-state index in [0.717, 1.165) is 17.7 Å². The van der Waals surface area contributed by atoms with Crippen molar-refractivity contribution in [3.63, 3.8) is 0 Å². The molecule has 0 aliphatic carbocycles. The summed E-state index contributed by atoms with van der Waals surface area (Å²) in [5.74, 6) is -3.06. The third kappa shape index (κ3) is 5.54. The van der Waals surface area contributed by atoms with Gasteiger partial charge in [0.05, 0.1) is 0 Å². The minimum Gasteiger partial charge on any atom is -0.504 e. The maximum Gasteiger partial charge on any atom is 0.308 e. The first kappa shape index (κ1) is 22.2. The van der Waals surface area contributed by atoms with Crippen molar-refractivity contribution in [2.24, 2.45) is 0 Å². The molecule has 3 rings (SSSR count). The van der Waals surface area contributed by atoms with E-state index in [4.69, 9.17) is 4.74 Å². The number of rotatable bonds is 6. The van der Waals surface area contributed by atoms with E-state index >= 15 is 0 Å². The molecule has 0 saturated heterocycles. The number of esters is 1. The first-order chi connectivity index (χ1) is 15.2. The van der Waals surface area contributed by atoms with Gasteiger partial charge in [-0.1, -0.05) is 18.2 Å². The van der Waals surface area contributed by atoms with Gasteiger partial charge in [0, 0.05) is 30.3 Å². The number of phenols is 3. The summed E-state index contributed by atoms with van der Waals surface area (Å²) in [6.45, 7) is 1.50. The molecule has 0 heterocycles. The van der Waals surface area contributed by atoms with Gasteiger partial charge in [-0.3, -0.25) is 14.4 Å². The van der Waals surface area contributed by atoms with E-state index in [0.29, 0.717) is 11.3 Å². The smallest absolute Gasteiger partial charge is 0.308 e. The third-order valence-electron chi connectivity index (χ3n) is 4.35. The third-order valence-corrected chi connectivity index (χ3v) is 4.35. The van der Waals surface area contributed by atoms with Crippen LogP contribution in [-0.4, -0.2) is 33.1 Å². The van der Waals surface area contributed by atoms with Crippen LogP contribution < -0.4 is 15.4 Å². The zero-order chi connectivity index (χ0) is 23.3. The number of ether oxygens (including phenoxy) is 1. The molecule has 32 heavy (non-hydrogen) atoms. The summed E-state index contributed by atoms with van der Waals surface area (Å²) >= 11 is 0. The van der Waals surface area contributed by atoms with Crippen LogP contribution in [0.2, 0.25) is 0 Å². The van der Waals surface area contributed by atoms with Crippen molar-refractivity contribution in [3.8, 4) is 23.0 Å². The van der Waals surface area contributed by atoms with E-state index in [1.807, 2.05) is 0 Å². The molecule has 0 bridgehead atoms. The Hall–Kier alpha value is -4.53. The number of benzene rings is 3. The minimum atomic E-state index is -0.703. The van der Waals surface area contributed by atoms with E-state index in [9.17, 15) is 29.7 Å². The largest absolute Gasteiger partial charge is 0.504 e. The maximum absolute atomic E-state index is 12.3. The fourth-order valence-corrected chi connectivity index (χ4v) is 2.80. The Kier molecular flexibility index (Phi) is 6.59. The van der Waals surface area contributed by atoms with Crippen LogP contribution in [0, 0.1) is 0 Å². The first-order valence-corrected chi connectivity index (χ1v) is 9.45.